The van der Waals surface area contributed by atoms with Crippen molar-refractivity contribution in [3.05, 3.63) is 81.1 Å². The molecule has 0 saturated carbocycles. The second kappa shape index (κ2) is 8.66. The van der Waals surface area contributed by atoms with Crippen molar-refractivity contribution < 1.29 is 14.3 Å². The second-order valence-electron chi connectivity index (χ2n) is 7.04. The number of rotatable bonds is 5. The number of esters is 1. The largest absolute Gasteiger partial charge is 0.452 e. The Bertz CT molecular complexity index is 1070. The molecule has 29 heavy (non-hydrogen) atoms. The van der Waals surface area contributed by atoms with E-state index in [4.69, 9.17) is 4.74 Å². The molecule has 0 spiro atoms. The lowest BCUT2D eigenvalue weighted by Gasteiger charge is -2.12. The number of benzene rings is 2. The Morgan fingerprint density at radius 2 is 1.66 bits per heavy atom. The van der Waals surface area contributed by atoms with Gasteiger partial charge in [0.2, 0.25) is 0 Å². The van der Waals surface area contributed by atoms with E-state index < -0.39 is 5.97 Å². The molecule has 3 aromatic rings. The lowest BCUT2D eigenvalue weighted by molar-refractivity contribution is -0.119. The van der Waals surface area contributed by atoms with Gasteiger partial charge in [-0.25, -0.2) is 4.79 Å². The van der Waals surface area contributed by atoms with Gasteiger partial charge in [0, 0.05) is 27.2 Å². The van der Waals surface area contributed by atoms with Crippen LogP contribution in [0.2, 0.25) is 0 Å². The zero-order chi connectivity index (χ0) is 21.1. The van der Waals surface area contributed by atoms with Crippen LogP contribution in [0.5, 0.6) is 0 Å². The van der Waals surface area contributed by atoms with E-state index in [1.54, 1.807) is 18.2 Å². The number of nitrogens with zero attached hydrogens (tertiary/aromatic N) is 1. The normalized spacial score (nSPS) is 10.7. The Labute approximate surface area is 178 Å². The topological polar surface area (TPSA) is 60.3 Å². The number of amides is 1. The fourth-order valence-electron chi connectivity index (χ4n) is 3.16. The van der Waals surface area contributed by atoms with Crippen molar-refractivity contribution in [1.29, 1.82) is 0 Å². The summed E-state index contributed by atoms with van der Waals surface area (Å²) in [5.41, 5.74) is 6.07. The van der Waals surface area contributed by atoms with Crippen molar-refractivity contribution in [3.8, 4) is 5.69 Å². The van der Waals surface area contributed by atoms with Gasteiger partial charge in [0.25, 0.3) is 5.91 Å². The van der Waals surface area contributed by atoms with E-state index in [1.807, 2.05) is 58.0 Å². The molecule has 1 aromatic heterocycles. The molecule has 0 aliphatic heterocycles. The van der Waals surface area contributed by atoms with Crippen LogP contribution in [0.3, 0.4) is 0 Å². The number of nitrogens with one attached hydrogen (secondary N) is 1. The van der Waals surface area contributed by atoms with E-state index in [0.717, 1.165) is 32.7 Å². The number of ether oxygens (including phenoxy) is 1. The number of aromatic nitrogens is 1. The molecular formula is C23H23BrN2O3. The number of carbonyl (C=O) groups is 2. The molecule has 150 valence electrons. The van der Waals surface area contributed by atoms with Crippen molar-refractivity contribution in [2.75, 3.05) is 11.9 Å². The van der Waals surface area contributed by atoms with Crippen LogP contribution in [-0.2, 0) is 9.53 Å². The van der Waals surface area contributed by atoms with Crippen molar-refractivity contribution in [2.24, 2.45) is 0 Å². The Morgan fingerprint density at radius 3 is 2.34 bits per heavy atom. The summed E-state index contributed by atoms with van der Waals surface area (Å²) in [4.78, 5) is 24.7. The van der Waals surface area contributed by atoms with Gasteiger partial charge in [-0.1, -0.05) is 22.0 Å². The minimum absolute atomic E-state index is 0.348. The summed E-state index contributed by atoms with van der Waals surface area (Å²) in [6, 6.07) is 15.1. The molecular weight excluding hydrogens is 432 g/mol. The third-order valence-corrected chi connectivity index (χ3v) is 5.58. The molecule has 0 fully saturated rings. The van der Waals surface area contributed by atoms with E-state index in [1.165, 1.54) is 0 Å². The molecule has 1 heterocycles. The maximum atomic E-state index is 12.4. The van der Waals surface area contributed by atoms with Gasteiger partial charge in [-0.15, -0.1) is 0 Å². The molecule has 1 N–H and O–H groups in total. The Hall–Kier alpha value is -2.86. The predicted octanol–water partition coefficient (Wildman–Crippen LogP) is 5.27. The van der Waals surface area contributed by atoms with Gasteiger partial charge in [0.1, 0.15) is 0 Å². The van der Waals surface area contributed by atoms with Crippen LogP contribution in [0.25, 0.3) is 5.69 Å². The summed E-state index contributed by atoms with van der Waals surface area (Å²) < 4.78 is 8.26. The highest BCUT2D eigenvalue weighted by Crippen LogP contribution is 2.24. The number of halogens is 1. The average Bonchev–Trinajstić information content (AvgIpc) is 3.02. The van der Waals surface area contributed by atoms with Crippen LogP contribution in [0.4, 0.5) is 5.69 Å². The van der Waals surface area contributed by atoms with E-state index in [2.05, 4.69) is 25.8 Å². The summed E-state index contributed by atoms with van der Waals surface area (Å²) >= 11 is 3.47. The molecule has 0 bridgehead atoms. The molecule has 2 aromatic carbocycles. The lowest BCUT2D eigenvalue weighted by Crippen LogP contribution is -2.21. The van der Waals surface area contributed by atoms with E-state index in [9.17, 15) is 9.59 Å². The van der Waals surface area contributed by atoms with Crippen molar-refractivity contribution in [1.82, 2.24) is 4.57 Å². The number of anilines is 1. The maximum absolute atomic E-state index is 12.4. The van der Waals surface area contributed by atoms with Crippen LogP contribution in [0.1, 0.15) is 32.9 Å². The molecule has 1 amide bonds. The zero-order valence-electron chi connectivity index (χ0n) is 16.9. The zero-order valence-corrected chi connectivity index (χ0v) is 18.5. The monoisotopic (exact) mass is 454 g/mol. The van der Waals surface area contributed by atoms with E-state index in [-0.39, 0.29) is 12.5 Å². The number of hydrogen-bond donors (Lipinski definition) is 1. The van der Waals surface area contributed by atoms with Gasteiger partial charge in [0.15, 0.2) is 6.61 Å². The first-order valence-electron chi connectivity index (χ1n) is 9.25. The molecule has 0 atom stereocenters. The molecule has 3 rings (SSSR count). The van der Waals surface area contributed by atoms with Crippen molar-refractivity contribution in [3.63, 3.8) is 0 Å². The molecule has 0 saturated heterocycles. The minimum Gasteiger partial charge on any atom is -0.452 e. The third kappa shape index (κ3) is 4.77. The van der Waals surface area contributed by atoms with Gasteiger partial charge in [-0.2, -0.15) is 0 Å². The quantitative estimate of drug-likeness (QED) is 0.534. The predicted molar refractivity (Wildman–Crippen MR) is 118 cm³/mol. The molecule has 0 unspecified atom stereocenters. The van der Waals surface area contributed by atoms with E-state index in [0.29, 0.717) is 11.3 Å². The van der Waals surface area contributed by atoms with Crippen LogP contribution in [0.15, 0.2) is 53.0 Å². The first kappa shape index (κ1) is 20.9. The lowest BCUT2D eigenvalue weighted by atomic mass is 10.1. The minimum atomic E-state index is -0.534. The molecule has 5 nitrogen and oxygen atoms in total. The van der Waals surface area contributed by atoms with Crippen LogP contribution in [-0.4, -0.2) is 23.1 Å². The first-order chi connectivity index (χ1) is 13.8. The van der Waals surface area contributed by atoms with Crippen LogP contribution < -0.4 is 5.32 Å². The van der Waals surface area contributed by atoms with Crippen LogP contribution in [0, 0.1) is 27.7 Å². The molecule has 0 aliphatic carbocycles. The fourth-order valence-corrected chi connectivity index (χ4v) is 3.62. The van der Waals surface area contributed by atoms with E-state index >= 15 is 0 Å². The average molecular weight is 455 g/mol. The number of aryl methyl sites for hydroxylation is 4. The molecule has 0 radical (unpaired) electrons. The van der Waals surface area contributed by atoms with Crippen molar-refractivity contribution in [2.45, 2.75) is 27.7 Å². The SMILES string of the molecule is Cc1cc(NC(=O)COC(=O)c2cccc(-n3c(C)ccc3C)c2)c(C)cc1Br. The van der Waals surface area contributed by atoms with Gasteiger partial charge in [0.05, 0.1) is 5.56 Å². The van der Waals surface area contributed by atoms with Gasteiger partial charge in [-0.3, -0.25) is 4.79 Å². The van der Waals surface area contributed by atoms with Gasteiger partial charge in [-0.05, 0) is 81.3 Å². The highest BCUT2D eigenvalue weighted by Gasteiger charge is 2.13. The third-order valence-electron chi connectivity index (χ3n) is 4.73. The maximum Gasteiger partial charge on any atom is 0.338 e. The number of hydrogen-bond acceptors (Lipinski definition) is 3. The summed E-state index contributed by atoms with van der Waals surface area (Å²) in [7, 11) is 0. The summed E-state index contributed by atoms with van der Waals surface area (Å²) in [6.45, 7) is 7.52. The highest BCUT2D eigenvalue weighted by molar-refractivity contribution is 9.10. The fraction of sp³-hybridized carbons (Fsp3) is 0.217. The first-order valence-corrected chi connectivity index (χ1v) is 10.0. The standard InChI is InChI=1S/C23H23BrN2O3/c1-14-11-21(15(2)10-20(14)24)25-22(27)13-29-23(28)18-6-5-7-19(12-18)26-16(3)8-9-17(26)4/h5-12H,13H2,1-4H3,(H,25,27). The Morgan fingerprint density at radius 1 is 0.966 bits per heavy atom. The summed E-state index contributed by atoms with van der Waals surface area (Å²) in [6.07, 6.45) is 0. The molecule has 6 heteroatoms. The second-order valence-corrected chi connectivity index (χ2v) is 7.90. The Balaban J connectivity index is 1.66. The Kier molecular flexibility index (Phi) is 6.23. The summed E-state index contributed by atoms with van der Waals surface area (Å²) in [5, 5.41) is 2.79. The number of carbonyl (C=O) groups excluding carboxylic acids is 2. The summed E-state index contributed by atoms with van der Waals surface area (Å²) in [5.74, 6) is -0.912. The van der Waals surface area contributed by atoms with Gasteiger partial charge < -0.3 is 14.6 Å². The van der Waals surface area contributed by atoms with Crippen LogP contribution >= 0.6 is 15.9 Å². The smallest absolute Gasteiger partial charge is 0.338 e. The van der Waals surface area contributed by atoms with Gasteiger partial charge >= 0.3 is 5.97 Å². The highest BCUT2D eigenvalue weighted by atomic mass is 79.9. The molecule has 0 aliphatic rings. The van der Waals surface area contributed by atoms with Crippen molar-refractivity contribution >= 4 is 33.5 Å².